The summed E-state index contributed by atoms with van der Waals surface area (Å²) >= 11 is 0. The highest BCUT2D eigenvalue weighted by Gasteiger charge is 2.41. The van der Waals surface area contributed by atoms with E-state index < -0.39 is 9.84 Å². The molecule has 6 heterocycles. The first-order chi connectivity index (χ1) is 19.8. The summed E-state index contributed by atoms with van der Waals surface area (Å²) in [5, 5.41) is 3.57. The number of ether oxygens (including phenoxy) is 2. The van der Waals surface area contributed by atoms with E-state index in [9.17, 15) is 8.42 Å². The molecule has 0 saturated carbocycles. The van der Waals surface area contributed by atoms with Crippen LogP contribution in [-0.2, 0) is 19.3 Å². The van der Waals surface area contributed by atoms with Gasteiger partial charge in [0.25, 0.3) is 0 Å². The van der Waals surface area contributed by atoms with Gasteiger partial charge in [-0.2, -0.15) is 9.97 Å². The van der Waals surface area contributed by atoms with Crippen LogP contribution in [-0.4, -0.2) is 109 Å². The molecular formula is C28H38N8O4S. The number of hydrogen-bond donors (Lipinski definition) is 1. The molecule has 1 N–H and O–H groups in total. The van der Waals surface area contributed by atoms with Crippen LogP contribution in [0.3, 0.4) is 0 Å². The predicted octanol–water partition coefficient (Wildman–Crippen LogP) is 2.20. The summed E-state index contributed by atoms with van der Waals surface area (Å²) in [5.41, 5.74) is 2.77. The topological polar surface area (TPSA) is 118 Å². The van der Waals surface area contributed by atoms with Gasteiger partial charge < -0.3 is 24.6 Å². The summed E-state index contributed by atoms with van der Waals surface area (Å²) in [5.74, 6) is 3.92. The van der Waals surface area contributed by atoms with Gasteiger partial charge in [0.1, 0.15) is 21.3 Å². The molecule has 220 valence electrons. The molecule has 0 amide bonds. The first kappa shape index (κ1) is 26.9. The summed E-state index contributed by atoms with van der Waals surface area (Å²) in [6, 6.07) is 8.44. The van der Waals surface area contributed by atoms with Gasteiger partial charge in [-0.05, 0) is 25.0 Å². The molecule has 4 aliphatic heterocycles. The van der Waals surface area contributed by atoms with Gasteiger partial charge in [0, 0.05) is 45.2 Å². The molecule has 1 unspecified atom stereocenters. The second-order valence-electron chi connectivity index (χ2n) is 11.8. The van der Waals surface area contributed by atoms with Crippen molar-refractivity contribution >= 4 is 38.2 Å². The lowest BCUT2D eigenvalue weighted by molar-refractivity contribution is -0.0960. The summed E-state index contributed by atoms with van der Waals surface area (Å²) in [7, 11) is -0.860. The number of para-hydroxylation sites is 2. The third-order valence-corrected chi connectivity index (χ3v) is 10.4. The van der Waals surface area contributed by atoms with Crippen LogP contribution in [0.15, 0.2) is 24.3 Å². The third-order valence-electron chi connectivity index (χ3n) is 8.66. The Labute approximate surface area is 240 Å². The van der Waals surface area contributed by atoms with Gasteiger partial charge in [-0.1, -0.05) is 26.0 Å². The average Bonchev–Trinajstić information content (AvgIpc) is 3.49. The average molecular weight is 583 g/mol. The number of anilines is 3. The van der Waals surface area contributed by atoms with Crippen LogP contribution in [0.4, 0.5) is 17.3 Å². The molecule has 4 aliphatic rings. The Morgan fingerprint density at radius 1 is 1.02 bits per heavy atom. The minimum atomic E-state index is -2.86. The molecule has 0 bridgehead atoms. The van der Waals surface area contributed by atoms with E-state index in [4.69, 9.17) is 24.4 Å². The predicted molar refractivity (Wildman–Crippen MR) is 158 cm³/mol. The fourth-order valence-corrected chi connectivity index (χ4v) is 7.76. The van der Waals surface area contributed by atoms with Crippen molar-refractivity contribution in [2.75, 3.05) is 73.1 Å². The molecule has 13 heteroatoms. The SMILES string of the molecule is CC(C)c1nc2ccccc2n1-c1nc(N2CCOCC2)c2c(n1)N(C)C(OC1CN(C3CCS(=O)(=O)CC3)C1)N2. The first-order valence-electron chi connectivity index (χ1n) is 14.6. The Kier molecular flexibility index (Phi) is 6.80. The van der Waals surface area contributed by atoms with Crippen molar-refractivity contribution < 1.29 is 17.9 Å². The fourth-order valence-electron chi connectivity index (χ4n) is 6.29. The number of imidazole rings is 1. The molecule has 3 fully saturated rings. The second-order valence-corrected chi connectivity index (χ2v) is 14.1. The number of nitrogens with one attached hydrogen (secondary N) is 1. The van der Waals surface area contributed by atoms with E-state index in [1.807, 2.05) is 25.2 Å². The third kappa shape index (κ3) is 4.92. The van der Waals surface area contributed by atoms with Crippen molar-refractivity contribution in [3.8, 4) is 5.95 Å². The van der Waals surface area contributed by atoms with Crippen LogP contribution in [0.2, 0.25) is 0 Å². The number of rotatable bonds is 6. The van der Waals surface area contributed by atoms with Crippen molar-refractivity contribution in [2.24, 2.45) is 0 Å². The molecule has 1 atom stereocenters. The van der Waals surface area contributed by atoms with E-state index >= 15 is 0 Å². The van der Waals surface area contributed by atoms with Gasteiger partial charge in [0.05, 0.1) is 41.9 Å². The van der Waals surface area contributed by atoms with E-state index in [1.165, 1.54) is 0 Å². The van der Waals surface area contributed by atoms with Crippen LogP contribution in [0.1, 0.15) is 38.4 Å². The lowest BCUT2D eigenvalue weighted by Gasteiger charge is -2.46. The number of benzene rings is 1. The summed E-state index contributed by atoms with van der Waals surface area (Å²) in [6.07, 6.45) is 1.11. The van der Waals surface area contributed by atoms with E-state index in [2.05, 4.69) is 44.5 Å². The maximum absolute atomic E-state index is 11.8. The molecule has 3 aromatic rings. The summed E-state index contributed by atoms with van der Waals surface area (Å²) < 4.78 is 37.9. The zero-order chi connectivity index (χ0) is 28.3. The van der Waals surface area contributed by atoms with Crippen molar-refractivity contribution in [1.29, 1.82) is 0 Å². The lowest BCUT2D eigenvalue weighted by Crippen LogP contribution is -2.59. The van der Waals surface area contributed by atoms with Gasteiger partial charge in [-0.3, -0.25) is 9.47 Å². The zero-order valence-electron chi connectivity index (χ0n) is 23.9. The minimum Gasteiger partial charge on any atom is -0.378 e. The van der Waals surface area contributed by atoms with Crippen molar-refractivity contribution in [1.82, 2.24) is 24.4 Å². The number of nitrogens with zero attached hydrogens (tertiary/aromatic N) is 7. The Morgan fingerprint density at radius 3 is 2.46 bits per heavy atom. The second kappa shape index (κ2) is 10.4. The quantitative estimate of drug-likeness (QED) is 0.461. The molecular weight excluding hydrogens is 544 g/mol. The molecule has 7 rings (SSSR count). The van der Waals surface area contributed by atoms with E-state index in [0.717, 1.165) is 60.4 Å². The van der Waals surface area contributed by atoms with Crippen molar-refractivity contribution in [3.63, 3.8) is 0 Å². The molecule has 1 aromatic carbocycles. The standard InChI is InChI=1S/C28H38N8O4S/c1-18(2)24-29-21-6-4-5-7-22(21)36(24)27-31-25-23(26(32-27)34-10-12-39-13-11-34)30-28(33(25)3)40-20-16-35(17-20)19-8-14-41(37,38)15-9-19/h4-7,18-20,28,30H,8-17H2,1-3H3. The number of morpholine rings is 1. The van der Waals surface area contributed by atoms with Gasteiger partial charge in [-0.25, -0.2) is 13.4 Å². The Balaban J connectivity index is 1.17. The maximum Gasteiger partial charge on any atom is 0.239 e. The minimum absolute atomic E-state index is 0.0622. The van der Waals surface area contributed by atoms with Crippen LogP contribution in [0, 0.1) is 0 Å². The smallest absolute Gasteiger partial charge is 0.239 e. The molecule has 12 nitrogen and oxygen atoms in total. The fraction of sp³-hybridized carbons (Fsp3) is 0.607. The Hall–Kier alpha value is -3.00. The molecule has 0 aliphatic carbocycles. The zero-order valence-corrected chi connectivity index (χ0v) is 24.7. The number of hydrogen-bond acceptors (Lipinski definition) is 11. The summed E-state index contributed by atoms with van der Waals surface area (Å²) in [4.78, 5) is 21.8. The van der Waals surface area contributed by atoms with E-state index in [1.54, 1.807) is 0 Å². The number of sulfone groups is 1. The van der Waals surface area contributed by atoms with Crippen LogP contribution >= 0.6 is 0 Å². The largest absolute Gasteiger partial charge is 0.378 e. The number of fused-ring (bicyclic) bond motifs is 2. The monoisotopic (exact) mass is 582 g/mol. The molecule has 0 spiro atoms. The summed E-state index contributed by atoms with van der Waals surface area (Å²) in [6.45, 7) is 8.68. The number of likely N-dealkylation sites (tertiary alicyclic amines) is 1. The maximum atomic E-state index is 11.8. The highest BCUT2D eigenvalue weighted by Crippen LogP contribution is 2.41. The molecule has 3 saturated heterocycles. The van der Waals surface area contributed by atoms with Gasteiger partial charge in [0.15, 0.2) is 11.6 Å². The lowest BCUT2D eigenvalue weighted by atomic mass is 10.0. The van der Waals surface area contributed by atoms with Gasteiger partial charge >= 0.3 is 0 Å². The first-order valence-corrected chi connectivity index (χ1v) is 16.4. The Morgan fingerprint density at radius 2 is 1.73 bits per heavy atom. The van der Waals surface area contributed by atoms with E-state index in [0.29, 0.717) is 38.0 Å². The van der Waals surface area contributed by atoms with Crippen LogP contribution < -0.4 is 15.1 Å². The molecule has 0 radical (unpaired) electrons. The van der Waals surface area contributed by atoms with Gasteiger partial charge in [0.2, 0.25) is 12.3 Å². The van der Waals surface area contributed by atoms with E-state index in [-0.39, 0.29) is 29.9 Å². The van der Waals surface area contributed by atoms with Crippen LogP contribution in [0.5, 0.6) is 0 Å². The van der Waals surface area contributed by atoms with Gasteiger partial charge in [-0.15, -0.1) is 0 Å². The highest BCUT2D eigenvalue weighted by atomic mass is 32.2. The number of aromatic nitrogens is 4. The van der Waals surface area contributed by atoms with Crippen LogP contribution in [0.25, 0.3) is 17.0 Å². The normalized spacial score (nSPS) is 23.7. The Bertz CT molecular complexity index is 1530. The highest BCUT2D eigenvalue weighted by molar-refractivity contribution is 7.91. The molecule has 2 aromatic heterocycles. The van der Waals surface area contributed by atoms with Crippen molar-refractivity contribution in [3.05, 3.63) is 30.1 Å². The molecule has 41 heavy (non-hydrogen) atoms. The van der Waals surface area contributed by atoms with Crippen molar-refractivity contribution in [2.45, 2.75) is 51.1 Å².